The van der Waals surface area contributed by atoms with Crippen LogP contribution in [0.1, 0.15) is 0 Å². The fourth-order valence-corrected chi connectivity index (χ4v) is 7.65. The third-order valence-electron chi connectivity index (χ3n) is 10.4. The molecule has 0 aliphatic carbocycles. The Morgan fingerprint density at radius 2 is 0.440 bits per heavy atom. The van der Waals surface area contributed by atoms with Gasteiger partial charge in [-0.1, -0.05) is 152 Å². The third kappa shape index (κ3) is 5.02. The minimum absolute atomic E-state index is 1.23. The van der Waals surface area contributed by atoms with Gasteiger partial charge in [0.1, 0.15) is 0 Å². The van der Waals surface area contributed by atoms with Crippen molar-refractivity contribution in [3.63, 3.8) is 0 Å². The van der Waals surface area contributed by atoms with E-state index in [1.165, 1.54) is 98.4 Å². The molecule has 0 aliphatic heterocycles. The van der Waals surface area contributed by atoms with Gasteiger partial charge in [0, 0.05) is 0 Å². The standard InChI is InChI=1S/C50H32/c1-3-8-35-26-39(14-12-33(35)6-1)37-10-5-11-38(28-37)40-16-17-43-30-44(19-18-42(43)29-40)46-23-25-50-48(32-46)21-20-47-31-45(22-24-49(47)50)41-15-13-34-7-2-4-9-36(34)27-41/h1-32H. The summed E-state index contributed by atoms with van der Waals surface area (Å²) in [5.41, 5.74) is 9.90. The first-order valence-corrected chi connectivity index (χ1v) is 17.3. The second kappa shape index (κ2) is 11.6. The Morgan fingerprint density at radius 3 is 0.860 bits per heavy atom. The van der Waals surface area contributed by atoms with Crippen molar-refractivity contribution in [3.8, 4) is 44.5 Å². The van der Waals surface area contributed by atoms with E-state index in [0.29, 0.717) is 0 Å². The predicted octanol–water partition coefficient (Wildman–Crippen LogP) is 14.1. The van der Waals surface area contributed by atoms with Crippen LogP contribution >= 0.6 is 0 Å². The van der Waals surface area contributed by atoms with Crippen molar-refractivity contribution in [2.24, 2.45) is 0 Å². The van der Waals surface area contributed by atoms with Crippen LogP contribution in [0.15, 0.2) is 194 Å². The molecule has 10 aromatic rings. The molecule has 0 saturated carbocycles. The van der Waals surface area contributed by atoms with Gasteiger partial charge in [-0.05, 0) is 141 Å². The molecule has 0 bridgehead atoms. The average molecular weight is 633 g/mol. The van der Waals surface area contributed by atoms with Gasteiger partial charge >= 0.3 is 0 Å². The maximum atomic E-state index is 2.33. The van der Waals surface area contributed by atoms with Crippen LogP contribution in [0.3, 0.4) is 0 Å². The van der Waals surface area contributed by atoms with Crippen molar-refractivity contribution >= 4 is 53.9 Å². The van der Waals surface area contributed by atoms with Crippen LogP contribution < -0.4 is 0 Å². The van der Waals surface area contributed by atoms with E-state index in [1.54, 1.807) is 0 Å². The van der Waals surface area contributed by atoms with Crippen molar-refractivity contribution in [1.82, 2.24) is 0 Å². The molecule has 0 radical (unpaired) electrons. The van der Waals surface area contributed by atoms with E-state index >= 15 is 0 Å². The lowest BCUT2D eigenvalue weighted by Crippen LogP contribution is -1.85. The topological polar surface area (TPSA) is 0 Å². The Hall–Kier alpha value is -6.50. The fourth-order valence-electron chi connectivity index (χ4n) is 7.65. The summed E-state index contributed by atoms with van der Waals surface area (Å²) < 4.78 is 0. The van der Waals surface area contributed by atoms with E-state index in [-0.39, 0.29) is 0 Å². The first-order chi connectivity index (χ1) is 24.7. The Balaban J connectivity index is 0.949. The number of fused-ring (bicyclic) bond motifs is 6. The molecule has 0 atom stereocenters. The predicted molar refractivity (Wildman–Crippen MR) is 216 cm³/mol. The van der Waals surface area contributed by atoms with Crippen LogP contribution in [0.2, 0.25) is 0 Å². The molecule has 0 N–H and O–H groups in total. The Labute approximate surface area is 291 Å². The second-order valence-corrected chi connectivity index (χ2v) is 13.4. The maximum absolute atomic E-state index is 2.33. The lowest BCUT2D eigenvalue weighted by Gasteiger charge is -2.11. The molecule has 0 unspecified atom stereocenters. The SMILES string of the molecule is c1cc(-c2ccc3ccccc3c2)cc(-c2ccc3cc(-c4ccc5c(ccc6cc(-c7ccc8ccccc8c7)ccc65)c4)ccc3c2)c1. The number of benzene rings is 10. The van der Waals surface area contributed by atoms with Gasteiger partial charge in [-0.25, -0.2) is 0 Å². The van der Waals surface area contributed by atoms with Gasteiger partial charge in [-0.2, -0.15) is 0 Å². The molecule has 0 heterocycles. The average Bonchev–Trinajstić information content (AvgIpc) is 3.19. The minimum atomic E-state index is 1.23. The molecule has 0 fully saturated rings. The summed E-state index contributed by atoms with van der Waals surface area (Å²) in [5, 5.41) is 12.7. The lowest BCUT2D eigenvalue weighted by atomic mass is 9.93. The highest BCUT2D eigenvalue weighted by molar-refractivity contribution is 6.09. The van der Waals surface area contributed by atoms with Crippen LogP contribution in [0.25, 0.3) is 98.4 Å². The number of hydrogen-bond acceptors (Lipinski definition) is 0. The van der Waals surface area contributed by atoms with Gasteiger partial charge in [0.15, 0.2) is 0 Å². The molecule has 0 aromatic heterocycles. The highest BCUT2D eigenvalue weighted by Gasteiger charge is 2.09. The second-order valence-electron chi connectivity index (χ2n) is 13.4. The van der Waals surface area contributed by atoms with Crippen LogP contribution in [0.5, 0.6) is 0 Å². The van der Waals surface area contributed by atoms with E-state index < -0.39 is 0 Å². The van der Waals surface area contributed by atoms with Crippen molar-refractivity contribution in [1.29, 1.82) is 0 Å². The molecular formula is C50H32. The smallest absolute Gasteiger partial charge is 0.0105 e. The summed E-state index contributed by atoms with van der Waals surface area (Å²) in [4.78, 5) is 0. The van der Waals surface area contributed by atoms with Gasteiger partial charge in [0.05, 0.1) is 0 Å². The molecular weight excluding hydrogens is 601 g/mol. The zero-order chi connectivity index (χ0) is 33.0. The van der Waals surface area contributed by atoms with Crippen LogP contribution in [0, 0.1) is 0 Å². The van der Waals surface area contributed by atoms with Gasteiger partial charge in [-0.3, -0.25) is 0 Å². The first kappa shape index (κ1) is 28.5. The largest absolute Gasteiger partial charge is 0.0616 e. The maximum Gasteiger partial charge on any atom is -0.0105 e. The van der Waals surface area contributed by atoms with E-state index in [9.17, 15) is 0 Å². The minimum Gasteiger partial charge on any atom is -0.0616 e. The van der Waals surface area contributed by atoms with Gasteiger partial charge in [-0.15, -0.1) is 0 Å². The highest BCUT2D eigenvalue weighted by atomic mass is 14.1. The van der Waals surface area contributed by atoms with E-state index in [1.807, 2.05) is 0 Å². The summed E-state index contributed by atoms with van der Waals surface area (Å²) in [5.74, 6) is 0. The summed E-state index contributed by atoms with van der Waals surface area (Å²) >= 11 is 0. The number of rotatable bonds is 4. The van der Waals surface area contributed by atoms with Crippen molar-refractivity contribution < 1.29 is 0 Å². The van der Waals surface area contributed by atoms with Gasteiger partial charge < -0.3 is 0 Å². The molecule has 50 heavy (non-hydrogen) atoms. The molecule has 0 heteroatoms. The highest BCUT2D eigenvalue weighted by Crippen LogP contribution is 2.35. The van der Waals surface area contributed by atoms with Gasteiger partial charge in [0.2, 0.25) is 0 Å². The zero-order valence-electron chi connectivity index (χ0n) is 27.5. The Kier molecular flexibility index (Phi) is 6.60. The molecule has 0 aliphatic rings. The Bertz CT molecular complexity index is 2930. The first-order valence-electron chi connectivity index (χ1n) is 17.3. The van der Waals surface area contributed by atoms with Crippen molar-refractivity contribution in [2.45, 2.75) is 0 Å². The quantitative estimate of drug-likeness (QED) is 0.169. The van der Waals surface area contributed by atoms with Crippen molar-refractivity contribution in [2.75, 3.05) is 0 Å². The molecule has 10 aromatic carbocycles. The van der Waals surface area contributed by atoms with Crippen molar-refractivity contribution in [3.05, 3.63) is 194 Å². The molecule has 10 rings (SSSR count). The third-order valence-corrected chi connectivity index (χ3v) is 10.4. The summed E-state index contributed by atoms with van der Waals surface area (Å²) in [6.45, 7) is 0. The molecule has 0 spiro atoms. The Morgan fingerprint density at radius 1 is 0.160 bits per heavy atom. The van der Waals surface area contributed by atoms with Crippen LogP contribution in [0.4, 0.5) is 0 Å². The lowest BCUT2D eigenvalue weighted by molar-refractivity contribution is 1.61. The normalized spacial score (nSPS) is 11.6. The fraction of sp³-hybridized carbons (Fsp3) is 0. The van der Waals surface area contributed by atoms with Gasteiger partial charge in [0.25, 0.3) is 0 Å². The van der Waals surface area contributed by atoms with E-state index in [4.69, 9.17) is 0 Å². The van der Waals surface area contributed by atoms with Crippen LogP contribution in [-0.2, 0) is 0 Å². The monoisotopic (exact) mass is 632 g/mol. The molecule has 0 amide bonds. The van der Waals surface area contributed by atoms with E-state index in [0.717, 1.165) is 0 Å². The summed E-state index contributed by atoms with van der Waals surface area (Å²) in [6, 6.07) is 71.4. The molecule has 0 saturated heterocycles. The molecule has 232 valence electrons. The zero-order valence-corrected chi connectivity index (χ0v) is 27.5. The molecule has 0 nitrogen and oxygen atoms in total. The van der Waals surface area contributed by atoms with Crippen LogP contribution in [-0.4, -0.2) is 0 Å². The number of hydrogen-bond donors (Lipinski definition) is 0. The summed E-state index contributed by atoms with van der Waals surface area (Å²) in [7, 11) is 0. The summed E-state index contributed by atoms with van der Waals surface area (Å²) in [6.07, 6.45) is 0. The van der Waals surface area contributed by atoms with E-state index in [2.05, 4.69) is 194 Å².